The summed E-state index contributed by atoms with van der Waals surface area (Å²) in [4.78, 5) is 4.78. The molecule has 25 heavy (non-hydrogen) atoms. The number of methoxy groups -OCH3 is 1. The molecule has 0 fully saturated rings. The van der Waals surface area contributed by atoms with E-state index in [1.54, 1.807) is 7.11 Å². The maximum Gasteiger partial charge on any atom is 0.127 e. The number of pyridine rings is 1. The molecule has 0 bridgehead atoms. The molecule has 0 radical (unpaired) electrons. The first kappa shape index (κ1) is 15.9. The lowest BCUT2D eigenvalue weighted by Crippen LogP contribution is -1.91. The molecule has 2 nitrogen and oxygen atoms in total. The second-order valence-corrected chi connectivity index (χ2v) is 6.64. The molecule has 1 aromatic heterocycles. The Balaban J connectivity index is 1.82. The molecule has 0 aliphatic heterocycles. The van der Waals surface area contributed by atoms with E-state index in [4.69, 9.17) is 9.72 Å². The van der Waals surface area contributed by atoms with E-state index >= 15 is 0 Å². The molecule has 1 heterocycles. The standard InChI is InChI=1S/C22H16BrNO/c1-25-22-14-16(10-12-18(22)17-7-3-4-8-19(17)23)21-13-11-15-6-2-5-9-20(15)24-21/h2-14H,1H3. The molecule has 0 N–H and O–H groups in total. The Morgan fingerprint density at radius 1 is 0.800 bits per heavy atom. The van der Waals surface area contributed by atoms with E-state index in [9.17, 15) is 0 Å². The highest BCUT2D eigenvalue weighted by Gasteiger charge is 2.11. The Morgan fingerprint density at radius 2 is 1.60 bits per heavy atom. The summed E-state index contributed by atoms with van der Waals surface area (Å²) >= 11 is 3.62. The minimum Gasteiger partial charge on any atom is -0.496 e. The number of fused-ring (bicyclic) bond motifs is 1. The molecule has 0 unspecified atom stereocenters. The van der Waals surface area contributed by atoms with Crippen LogP contribution in [0.1, 0.15) is 0 Å². The van der Waals surface area contributed by atoms with Crippen molar-refractivity contribution in [1.29, 1.82) is 0 Å². The van der Waals surface area contributed by atoms with E-state index in [2.05, 4.69) is 52.3 Å². The third kappa shape index (κ3) is 3.03. The molecular weight excluding hydrogens is 374 g/mol. The first-order valence-corrected chi connectivity index (χ1v) is 8.84. The van der Waals surface area contributed by atoms with E-state index < -0.39 is 0 Å². The zero-order valence-electron chi connectivity index (χ0n) is 13.7. The maximum absolute atomic E-state index is 5.66. The van der Waals surface area contributed by atoms with Crippen LogP contribution in [0.4, 0.5) is 0 Å². The summed E-state index contributed by atoms with van der Waals surface area (Å²) in [6, 6.07) is 26.7. The molecule has 122 valence electrons. The topological polar surface area (TPSA) is 22.1 Å². The molecule has 0 saturated heterocycles. The summed E-state index contributed by atoms with van der Waals surface area (Å²) in [6.45, 7) is 0. The summed E-state index contributed by atoms with van der Waals surface area (Å²) in [5.74, 6) is 0.833. The number of hydrogen-bond acceptors (Lipinski definition) is 2. The Kier molecular flexibility index (Phi) is 4.24. The zero-order valence-corrected chi connectivity index (χ0v) is 15.3. The highest BCUT2D eigenvalue weighted by molar-refractivity contribution is 9.10. The normalized spacial score (nSPS) is 10.8. The molecular formula is C22H16BrNO. The van der Waals surface area contributed by atoms with Gasteiger partial charge in [0.1, 0.15) is 5.75 Å². The van der Waals surface area contributed by atoms with Gasteiger partial charge in [0, 0.05) is 21.0 Å². The Hall–Kier alpha value is -2.65. The number of nitrogens with zero attached hydrogens (tertiary/aromatic N) is 1. The molecule has 4 rings (SSSR count). The molecule has 0 aliphatic carbocycles. The van der Waals surface area contributed by atoms with Crippen molar-refractivity contribution in [3.05, 3.63) is 83.3 Å². The van der Waals surface area contributed by atoms with E-state index in [1.165, 1.54) is 0 Å². The fourth-order valence-electron chi connectivity index (χ4n) is 2.98. The first-order valence-electron chi connectivity index (χ1n) is 8.05. The van der Waals surface area contributed by atoms with Crippen molar-refractivity contribution < 1.29 is 4.74 Å². The van der Waals surface area contributed by atoms with E-state index in [1.807, 2.05) is 42.5 Å². The second kappa shape index (κ2) is 6.69. The average Bonchev–Trinajstić information content (AvgIpc) is 2.67. The van der Waals surface area contributed by atoms with Crippen LogP contribution < -0.4 is 4.74 Å². The molecule has 4 aromatic rings. The predicted molar refractivity (Wildman–Crippen MR) is 107 cm³/mol. The van der Waals surface area contributed by atoms with Gasteiger partial charge in [-0.05, 0) is 35.9 Å². The predicted octanol–water partition coefficient (Wildman–Crippen LogP) is 6.34. The fourth-order valence-corrected chi connectivity index (χ4v) is 3.48. The van der Waals surface area contributed by atoms with Crippen LogP contribution in [0, 0.1) is 0 Å². The highest BCUT2D eigenvalue weighted by atomic mass is 79.9. The number of aromatic nitrogens is 1. The van der Waals surface area contributed by atoms with Crippen LogP contribution >= 0.6 is 15.9 Å². The lowest BCUT2D eigenvalue weighted by molar-refractivity contribution is 0.416. The number of hydrogen-bond donors (Lipinski definition) is 0. The van der Waals surface area contributed by atoms with Gasteiger partial charge in [-0.3, -0.25) is 0 Å². The monoisotopic (exact) mass is 389 g/mol. The van der Waals surface area contributed by atoms with Gasteiger partial charge in [0.05, 0.1) is 18.3 Å². The van der Waals surface area contributed by atoms with Gasteiger partial charge in [-0.25, -0.2) is 4.98 Å². The summed E-state index contributed by atoms with van der Waals surface area (Å²) < 4.78 is 6.70. The van der Waals surface area contributed by atoms with Crippen LogP contribution in [0.3, 0.4) is 0 Å². The number of ether oxygens (including phenoxy) is 1. The molecule has 0 saturated carbocycles. The lowest BCUT2D eigenvalue weighted by Gasteiger charge is -2.12. The third-order valence-electron chi connectivity index (χ3n) is 4.26. The summed E-state index contributed by atoms with van der Waals surface area (Å²) in [5.41, 5.74) is 5.14. The molecule has 3 heteroatoms. The highest BCUT2D eigenvalue weighted by Crippen LogP contribution is 2.37. The van der Waals surface area contributed by atoms with Gasteiger partial charge in [0.2, 0.25) is 0 Å². The molecule has 3 aromatic carbocycles. The summed E-state index contributed by atoms with van der Waals surface area (Å²) in [5, 5.41) is 1.14. The van der Waals surface area contributed by atoms with Crippen LogP contribution in [-0.4, -0.2) is 12.1 Å². The first-order chi connectivity index (χ1) is 12.3. The van der Waals surface area contributed by atoms with Gasteiger partial charge in [-0.2, -0.15) is 0 Å². The zero-order chi connectivity index (χ0) is 17.2. The largest absolute Gasteiger partial charge is 0.496 e. The van der Waals surface area contributed by atoms with Crippen LogP contribution in [0.25, 0.3) is 33.3 Å². The Morgan fingerprint density at radius 3 is 2.44 bits per heavy atom. The van der Waals surface area contributed by atoms with Crippen molar-refractivity contribution in [3.8, 4) is 28.1 Å². The van der Waals surface area contributed by atoms with E-state index in [0.717, 1.165) is 43.5 Å². The molecule has 0 spiro atoms. The number of para-hydroxylation sites is 1. The Bertz CT molecular complexity index is 1060. The van der Waals surface area contributed by atoms with Gasteiger partial charge in [-0.1, -0.05) is 64.5 Å². The van der Waals surface area contributed by atoms with Crippen molar-refractivity contribution in [2.24, 2.45) is 0 Å². The maximum atomic E-state index is 5.66. The quantitative estimate of drug-likeness (QED) is 0.407. The minimum atomic E-state index is 0.833. The number of rotatable bonds is 3. The van der Waals surface area contributed by atoms with E-state index in [-0.39, 0.29) is 0 Å². The number of halogens is 1. The van der Waals surface area contributed by atoms with Crippen LogP contribution in [0.5, 0.6) is 5.75 Å². The van der Waals surface area contributed by atoms with Gasteiger partial charge in [0.25, 0.3) is 0 Å². The van der Waals surface area contributed by atoms with Crippen LogP contribution in [0.2, 0.25) is 0 Å². The Labute approximate surface area is 155 Å². The number of benzene rings is 3. The SMILES string of the molecule is COc1cc(-c2ccc3ccccc3n2)ccc1-c1ccccc1Br. The fraction of sp³-hybridized carbons (Fsp3) is 0.0455. The third-order valence-corrected chi connectivity index (χ3v) is 4.95. The molecule has 0 aliphatic rings. The van der Waals surface area contributed by atoms with Crippen molar-refractivity contribution in [2.75, 3.05) is 7.11 Å². The van der Waals surface area contributed by atoms with Crippen molar-refractivity contribution in [2.45, 2.75) is 0 Å². The van der Waals surface area contributed by atoms with Gasteiger partial charge in [-0.15, -0.1) is 0 Å². The van der Waals surface area contributed by atoms with Crippen LogP contribution in [0.15, 0.2) is 83.3 Å². The van der Waals surface area contributed by atoms with Gasteiger partial charge >= 0.3 is 0 Å². The summed E-state index contributed by atoms with van der Waals surface area (Å²) in [6.07, 6.45) is 0. The van der Waals surface area contributed by atoms with E-state index in [0.29, 0.717) is 0 Å². The summed E-state index contributed by atoms with van der Waals surface area (Å²) in [7, 11) is 1.70. The van der Waals surface area contributed by atoms with Crippen molar-refractivity contribution >= 4 is 26.8 Å². The van der Waals surface area contributed by atoms with Gasteiger partial charge < -0.3 is 4.74 Å². The molecule has 0 atom stereocenters. The smallest absolute Gasteiger partial charge is 0.127 e. The van der Waals surface area contributed by atoms with Crippen LogP contribution in [-0.2, 0) is 0 Å². The second-order valence-electron chi connectivity index (χ2n) is 5.78. The van der Waals surface area contributed by atoms with Gasteiger partial charge in [0.15, 0.2) is 0 Å². The molecule has 0 amide bonds. The van der Waals surface area contributed by atoms with Crippen molar-refractivity contribution in [1.82, 2.24) is 4.98 Å². The average molecular weight is 390 g/mol. The van der Waals surface area contributed by atoms with Crippen molar-refractivity contribution in [3.63, 3.8) is 0 Å². The minimum absolute atomic E-state index is 0.833. The lowest BCUT2D eigenvalue weighted by atomic mass is 10.0.